The zero-order valence-corrected chi connectivity index (χ0v) is 20.4. The van der Waals surface area contributed by atoms with Crippen molar-refractivity contribution < 1.29 is 23.8 Å². The first-order valence-corrected chi connectivity index (χ1v) is 12.1. The SMILES string of the molecule is CCOC(=O)CCCN1C(=O)/C(=C/c2ccc(OCc3ccccc3)c(OCC)c2)SC1=S. The van der Waals surface area contributed by atoms with Crippen molar-refractivity contribution in [3.05, 3.63) is 64.6 Å². The molecule has 3 rings (SSSR count). The van der Waals surface area contributed by atoms with Gasteiger partial charge in [0.1, 0.15) is 10.9 Å². The molecule has 0 spiro atoms. The predicted octanol–water partition coefficient (Wildman–Crippen LogP) is 5.21. The standard InChI is InChI=1S/C25H27NO5S2/c1-3-29-21-15-19(12-13-20(21)31-17-18-9-6-5-7-10-18)16-22-24(28)26(25(32)33-22)14-8-11-23(27)30-4-2/h5-7,9-10,12-13,15-16H,3-4,8,11,14,17H2,1-2H3/b22-16-. The summed E-state index contributed by atoms with van der Waals surface area (Å²) in [5.41, 5.74) is 1.88. The highest BCUT2D eigenvalue weighted by molar-refractivity contribution is 8.26. The summed E-state index contributed by atoms with van der Waals surface area (Å²) < 4.78 is 17.1. The Hall–Kier alpha value is -2.84. The third kappa shape index (κ3) is 7.07. The summed E-state index contributed by atoms with van der Waals surface area (Å²) in [6.07, 6.45) is 2.56. The number of hydrogen-bond acceptors (Lipinski definition) is 7. The van der Waals surface area contributed by atoms with E-state index in [-0.39, 0.29) is 18.3 Å². The van der Waals surface area contributed by atoms with Crippen molar-refractivity contribution in [1.29, 1.82) is 0 Å². The fourth-order valence-electron chi connectivity index (χ4n) is 3.20. The molecule has 0 aromatic heterocycles. The lowest BCUT2D eigenvalue weighted by molar-refractivity contribution is -0.143. The molecule has 0 bridgehead atoms. The number of esters is 1. The van der Waals surface area contributed by atoms with Crippen molar-refractivity contribution in [2.45, 2.75) is 33.3 Å². The number of ether oxygens (including phenoxy) is 3. The van der Waals surface area contributed by atoms with Crippen LogP contribution in [0.2, 0.25) is 0 Å². The van der Waals surface area contributed by atoms with Crippen molar-refractivity contribution in [3.63, 3.8) is 0 Å². The Kier molecular flexibility index (Phi) is 9.33. The van der Waals surface area contributed by atoms with E-state index in [4.69, 9.17) is 26.4 Å². The monoisotopic (exact) mass is 485 g/mol. The summed E-state index contributed by atoms with van der Waals surface area (Å²) >= 11 is 6.63. The first-order valence-electron chi connectivity index (χ1n) is 10.9. The lowest BCUT2D eigenvalue weighted by Gasteiger charge is -2.14. The normalized spacial score (nSPS) is 14.6. The molecule has 0 saturated carbocycles. The molecular weight excluding hydrogens is 458 g/mol. The molecule has 0 N–H and O–H groups in total. The Morgan fingerprint density at radius 2 is 1.85 bits per heavy atom. The highest BCUT2D eigenvalue weighted by Crippen LogP contribution is 2.35. The van der Waals surface area contributed by atoms with Crippen LogP contribution in [-0.2, 0) is 20.9 Å². The maximum absolute atomic E-state index is 12.8. The fraction of sp³-hybridized carbons (Fsp3) is 0.320. The number of nitrogens with zero attached hydrogens (tertiary/aromatic N) is 1. The number of benzene rings is 2. The maximum Gasteiger partial charge on any atom is 0.305 e. The fourth-order valence-corrected chi connectivity index (χ4v) is 4.50. The van der Waals surface area contributed by atoms with E-state index >= 15 is 0 Å². The lowest BCUT2D eigenvalue weighted by atomic mass is 10.1. The van der Waals surface area contributed by atoms with E-state index in [9.17, 15) is 9.59 Å². The van der Waals surface area contributed by atoms with Crippen molar-refractivity contribution in [3.8, 4) is 11.5 Å². The molecule has 0 unspecified atom stereocenters. The maximum atomic E-state index is 12.8. The molecule has 2 aromatic carbocycles. The van der Waals surface area contributed by atoms with Gasteiger partial charge in [-0.3, -0.25) is 14.5 Å². The second-order valence-corrected chi connectivity index (χ2v) is 8.83. The molecule has 0 aliphatic carbocycles. The summed E-state index contributed by atoms with van der Waals surface area (Å²) in [7, 11) is 0. The van der Waals surface area contributed by atoms with Gasteiger partial charge in [-0.15, -0.1) is 0 Å². The van der Waals surface area contributed by atoms with Crippen LogP contribution in [0.4, 0.5) is 0 Å². The molecule has 1 amide bonds. The van der Waals surface area contributed by atoms with Crippen LogP contribution < -0.4 is 9.47 Å². The number of thiocarbonyl (C=S) groups is 1. The van der Waals surface area contributed by atoms with Gasteiger partial charge in [-0.25, -0.2) is 0 Å². The number of carbonyl (C=O) groups is 2. The van der Waals surface area contributed by atoms with Gasteiger partial charge in [0, 0.05) is 13.0 Å². The quantitative estimate of drug-likeness (QED) is 0.246. The van der Waals surface area contributed by atoms with E-state index in [0.717, 1.165) is 11.1 Å². The zero-order chi connectivity index (χ0) is 23.6. The summed E-state index contributed by atoms with van der Waals surface area (Å²) in [6.45, 7) is 5.34. The van der Waals surface area contributed by atoms with Crippen LogP contribution in [0.15, 0.2) is 53.4 Å². The van der Waals surface area contributed by atoms with Crippen LogP contribution in [0.1, 0.15) is 37.8 Å². The number of amides is 1. The van der Waals surface area contributed by atoms with Crippen LogP contribution in [0.25, 0.3) is 6.08 Å². The molecule has 0 radical (unpaired) electrons. The average Bonchev–Trinajstić information content (AvgIpc) is 3.07. The highest BCUT2D eigenvalue weighted by atomic mass is 32.2. The van der Waals surface area contributed by atoms with E-state index in [0.29, 0.717) is 53.5 Å². The van der Waals surface area contributed by atoms with E-state index < -0.39 is 0 Å². The van der Waals surface area contributed by atoms with E-state index in [2.05, 4.69) is 0 Å². The minimum absolute atomic E-state index is 0.156. The van der Waals surface area contributed by atoms with Crippen molar-refractivity contribution in [2.75, 3.05) is 19.8 Å². The molecule has 33 heavy (non-hydrogen) atoms. The van der Waals surface area contributed by atoms with Crippen LogP contribution in [0.3, 0.4) is 0 Å². The van der Waals surface area contributed by atoms with Gasteiger partial charge < -0.3 is 14.2 Å². The molecule has 1 aliphatic heterocycles. The van der Waals surface area contributed by atoms with Gasteiger partial charge in [0.2, 0.25) is 0 Å². The molecule has 1 heterocycles. The molecule has 6 nitrogen and oxygen atoms in total. The van der Waals surface area contributed by atoms with Crippen LogP contribution in [-0.4, -0.2) is 40.9 Å². The van der Waals surface area contributed by atoms with Crippen molar-refractivity contribution in [2.24, 2.45) is 0 Å². The van der Waals surface area contributed by atoms with Gasteiger partial charge in [-0.05, 0) is 49.6 Å². The Morgan fingerprint density at radius 3 is 2.58 bits per heavy atom. The Balaban J connectivity index is 1.67. The number of carbonyl (C=O) groups excluding carboxylic acids is 2. The Morgan fingerprint density at radius 1 is 1.06 bits per heavy atom. The van der Waals surface area contributed by atoms with Gasteiger partial charge >= 0.3 is 5.97 Å². The molecule has 1 aliphatic rings. The lowest BCUT2D eigenvalue weighted by Crippen LogP contribution is -2.29. The molecule has 0 atom stereocenters. The van der Waals surface area contributed by atoms with Crippen LogP contribution >= 0.6 is 24.0 Å². The first kappa shape index (κ1) is 24.8. The smallest absolute Gasteiger partial charge is 0.305 e. The van der Waals surface area contributed by atoms with Gasteiger partial charge in [-0.1, -0.05) is 60.4 Å². The zero-order valence-electron chi connectivity index (χ0n) is 18.7. The second-order valence-electron chi connectivity index (χ2n) is 7.16. The van der Waals surface area contributed by atoms with Gasteiger partial charge in [0.05, 0.1) is 18.1 Å². The van der Waals surface area contributed by atoms with Crippen molar-refractivity contribution >= 4 is 46.3 Å². The Labute approximate surface area is 203 Å². The molecule has 174 valence electrons. The van der Waals surface area contributed by atoms with Crippen molar-refractivity contribution in [1.82, 2.24) is 4.90 Å². The molecular formula is C25H27NO5S2. The van der Waals surface area contributed by atoms with Crippen LogP contribution in [0.5, 0.6) is 11.5 Å². The van der Waals surface area contributed by atoms with Gasteiger partial charge in [0.25, 0.3) is 5.91 Å². The predicted molar refractivity (Wildman–Crippen MR) is 134 cm³/mol. The molecule has 8 heteroatoms. The topological polar surface area (TPSA) is 65.1 Å². The second kappa shape index (κ2) is 12.4. The summed E-state index contributed by atoms with van der Waals surface area (Å²) in [5, 5.41) is 0. The van der Waals surface area contributed by atoms with Crippen LogP contribution in [0, 0.1) is 0 Å². The number of hydrogen-bond donors (Lipinski definition) is 0. The summed E-state index contributed by atoms with van der Waals surface area (Å²) in [4.78, 5) is 26.4. The molecule has 1 fully saturated rings. The third-order valence-electron chi connectivity index (χ3n) is 4.74. The Bertz CT molecular complexity index is 1020. The highest BCUT2D eigenvalue weighted by Gasteiger charge is 2.31. The number of rotatable bonds is 11. The van der Waals surface area contributed by atoms with E-state index in [1.807, 2.05) is 55.5 Å². The molecule has 1 saturated heterocycles. The van der Waals surface area contributed by atoms with Gasteiger partial charge in [-0.2, -0.15) is 0 Å². The average molecular weight is 486 g/mol. The summed E-state index contributed by atoms with van der Waals surface area (Å²) in [6, 6.07) is 15.5. The van der Waals surface area contributed by atoms with Gasteiger partial charge in [0.15, 0.2) is 11.5 Å². The minimum atomic E-state index is -0.267. The summed E-state index contributed by atoms with van der Waals surface area (Å²) in [5.74, 6) is 0.837. The first-order chi connectivity index (χ1) is 16.0. The van der Waals surface area contributed by atoms with E-state index in [1.165, 1.54) is 16.7 Å². The van der Waals surface area contributed by atoms with E-state index in [1.54, 1.807) is 13.0 Å². The number of thioether (sulfide) groups is 1. The third-order valence-corrected chi connectivity index (χ3v) is 6.12. The minimum Gasteiger partial charge on any atom is -0.490 e. The molecule has 2 aromatic rings. The largest absolute Gasteiger partial charge is 0.490 e.